The summed E-state index contributed by atoms with van der Waals surface area (Å²) >= 11 is 0. The maximum absolute atomic E-state index is 13.7. The molecule has 4 N–H and O–H groups in total. The van der Waals surface area contributed by atoms with Crippen LogP contribution in [0.3, 0.4) is 0 Å². The Hall–Kier alpha value is -2.58. The van der Waals surface area contributed by atoms with Gasteiger partial charge in [-0.05, 0) is 27.7 Å². The second-order valence-electron chi connectivity index (χ2n) is 6.06. The van der Waals surface area contributed by atoms with Crippen LogP contribution in [0, 0.1) is 18.6 Å². The van der Waals surface area contributed by atoms with Crippen LogP contribution in [0.1, 0.15) is 26.3 Å². The van der Waals surface area contributed by atoms with Crippen molar-refractivity contribution in [3.63, 3.8) is 0 Å². The first-order chi connectivity index (χ1) is 10.9. The molecule has 1 unspecified atom stereocenters. The second kappa shape index (κ2) is 7.33. The van der Waals surface area contributed by atoms with E-state index in [1.54, 1.807) is 20.8 Å². The van der Waals surface area contributed by atoms with Crippen molar-refractivity contribution < 1.29 is 33.0 Å². The molecule has 24 heavy (non-hydrogen) atoms. The summed E-state index contributed by atoms with van der Waals surface area (Å²) in [6, 6.07) is -0.646. The third-order valence-corrected chi connectivity index (χ3v) is 2.84. The molecular formula is C15H20F2N2O5. The fraction of sp³-hybridized carbons (Fsp3) is 0.467. The van der Waals surface area contributed by atoms with Crippen molar-refractivity contribution in [2.24, 2.45) is 0 Å². The molecule has 0 aliphatic rings. The number of anilines is 1. The largest absolute Gasteiger partial charge is 0.488 e. The number of ether oxygens (including phenoxy) is 2. The number of carbonyl (C=O) groups excluding carboxylic acids is 1. The van der Waals surface area contributed by atoms with Gasteiger partial charge in [0.2, 0.25) is 0 Å². The van der Waals surface area contributed by atoms with Crippen molar-refractivity contribution in [3.05, 3.63) is 23.3 Å². The van der Waals surface area contributed by atoms with Crippen molar-refractivity contribution in [2.45, 2.75) is 39.3 Å². The monoisotopic (exact) mass is 346 g/mol. The summed E-state index contributed by atoms with van der Waals surface area (Å²) in [4.78, 5) is 22.8. The highest BCUT2D eigenvalue weighted by Crippen LogP contribution is 2.29. The second-order valence-corrected chi connectivity index (χ2v) is 6.06. The Kier molecular flexibility index (Phi) is 5.94. The number of benzene rings is 1. The summed E-state index contributed by atoms with van der Waals surface area (Å²) < 4.78 is 37.2. The zero-order valence-electron chi connectivity index (χ0n) is 13.8. The number of nitrogens with two attached hydrogens (primary N) is 1. The first-order valence-corrected chi connectivity index (χ1v) is 7.01. The van der Waals surface area contributed by atoms with E-state index in [9.17, 15) is 18.4 Å². The lowest BCUT2D eigenvalue weighted by Crippen LogP contribution is -2.46. The highest BCUT2D eigenvalue weighted by molar-refractivity contribution is 5.80. The number of carbonyl (C=O) groups is 2. The lowest BCUT2D eigenvalue weighted by molar-refractivity contribution is -0.140. The molecule has 0 aliphatic carbocycles. The van der Waals surface area contributed by atoms with Gasteiger partial charge in [0.25, 0.3) is 0 Å². The minimum absolute atomic E-state index is 0.276. The number of carboxylic acids is 1. The van der Waals surface area contributed by atoms with Crippen LogP contribution < -0.4 is 15.8 Å². The van der Waals surface area contributed by atoms with Gasteiger partial charge in [0, 0.05) is 11.6 Å². The van der Waals surface area contributed by atoms with E-state index >= 15 is 0 Å². The Morgan fingerprint density at radius 2 is 1.96 bits per heavy atom. The van der Waals surface area contributed by atoms with Gasteiger partial charge in [-0.25, -0.2) is 18.4 Å². The van der Waals surface area contributed by atoms with E-state index < -0.39 is 47.6 Å². The van der Waals surface area contributed by atoms with E-state index in [4.69, 9.17) is 20.3 Å². The molecule has 0 spiro atoms. The van der Waals surface area contributed by atoms with E-state index in [0.29, 0.717) is 0 Å². The number of hydrogen-bond acceptors (Lipinski definition) is 5. The molecule has 134 valence electrons. The predicted molar refractivity (Wildman–Crippen MR) is 81.8 cm³/mol. The Morgan fingerprint density at radius 3 is 2.46 bits per heavy atom. The van der Waals surface area contributed by atoms with Crippen molar-refractivity contribution in [1.29, 1.82) is 0 Å². The van der Waals surface area contributed by atoms with Gasteiger partial charge in [-0.2, -0.15) is 0 Å². The van der Waals surface area contributed by atoms with Gasteiger partial charge in [-0.1, -0.05) is 0 Å². The normalized spacial score (nSPS) is 12.4. The Bertz CT molecular complexity index is 644. The molecule has 0 radical (unpaired) electrons. The summed E-state index contributed by atoms with van der Waals surface area (Å²) in [5, 5.41) is 11.2. The van der Waals surface area contributed by atoms with Crippen LogP contribution >= 0.6 is 0 Å². The average Bonchev–Trinajstić information content (AvgIpc) is 2.43. The fourth-order valence-corrected chi connectivity index (χ4v) is 1.63. The van der Waals surface area contributed by atoms with Crippen molar-refractivity contribution in [2.75, 3.05) is 12.3 Å². The summed E-state index contributed by atoms with van der Waals surface area (Å²) in [6.07, 6.45) is -0.965. The van der Waals surface area contributed by atoms with Crippen LogP contribution in [-0.4, -0.2) is 35.4 Å². The number of aliphatic carboxylic acids is 1. The molecule has 1 atom stereocenters. The van der Waals surface area contributed by atoms with Crippen molar-refractivity contribution in [1.82, 2.24) is 5.32 Å². The molecule has 1 rings (SSSR count). The molecule has 0 fully saturated rings. The topological polar surface area (TPSA) is 111 Å². The molecule has 0 aliphatic heterocycles. The summed E-state index contributed by atoms with van der Waals surface area (Å²) in [5.74, 6) is -3.64. The number of carboxylic acid groups (broad SMARTS) is 1. The van der Waals surface area contributed by atoms with Crippen LogP contribution in [0.25, 0.3) is 0 Å². The molecule has 0 saturated heterocycles. The fourth-order valence-electron chi connectivity index (χ4n) is 1.63. The summed E-state index contributed by atoms with van der Waals surface area (Å²) in [6.45, 7) is 5.43. The number of nitrogen functional groups attached to an aromatic ring is 1. The van der Waals surface area contributed by atoms with E-state index in [2.05, 4.69) is 5.32 Å². The average molecular weight is 346 g/mol. The molecule has 7 nitrogen and oxygen atoms in total. The molecule has 0 saturated carbocycles. The summed E-state index contributed by atoms with van der Waals surface area (Å²) in [7, 11) is 0. The molecule has 1 aromatic carbocycles. The maximum Gasteiger partial charge on any atom is 0.408 e. The van der Waals surface area contributed by atoms with Gasteiger partial charge in [0.15, 0.2) is 11.9 Å². The lowest BCUT2D eigenvalue weighted by Gasteiger charge is -2.22. The molecule has 9 heteroatoms. The highest BCUT2D eigenvalue weighted by atomic mass is 19.1. The lowest BCUT2D eigenvalue weighted by atomic mass is 10.2. The number of rotatable bonds is 5. The Morgan fingerprint density at radius 1 is 1.38 bits per heavy atom. The summed E-state index contributed by atoms with van der Waals surface area (Å²) in [5.41, 5.74) is 3.93. The van der Waals surface area contributed by atoms with Gasteiger partial charge in [0.05, 0.1) is 0 Å². The van der Waals surface area contributed by atoms with Gasteiger partial charge < -0.3 is 25.6 Å². The minimum atomic E-state index is -1.49. The van der Waals surface area contributed by atoms with Crippen LogP contribution in [0.5, 0.6) is 5.75 Å². The first-order valence-electron chi connectivity index (χ1n) is 7.01. The van der Waals surface area contributed by atoms with Gasteiger partial charge >= 0.3 is 12.1 Å². The SMILES string of the molecule is Cc1c(F)cc(OCC(NC(=O)OC(C)(C)C)C(=O)O)c(N)c1F. The molecule has 0 aromatic heterocycles. The van der Waals surface area contributed by atoms with E-state index in [0.717, 1.165) is 6.07 Å². The van der Waals surface area contributed by atoms with Gasteiger partial charge in [-0.15, -0.1) is 0 Å². The molecule has 0 bridgehead atoms. The zero-order chi connectivity index (χ0) is 18.7. The number of nitrogens with one attached hydrogen (secondary N) is 1. The zero-order valence-corrected chi connectivity index (χ0v) is 13.8. The standard InChI is InChI=1S/C15H20F2N2O5/c1-7-8(16)5-10(12(18)11(7)17)23-6-9(13(20)21)19-14(22)24-15(2,3)4/h5,9H,6,18H2,1-4H3,(H,19,22)(H,20,21). The Labute approximate surface area is 137 Å². The molecule has 0 heterocycles. The van der Waals surface area contributed by atoms with Gasteiger partial charge in [0.1, 0.15) is 29.5 Å². The first kappa shape index (κ1) is 19.5. The molecule has 1 aromatic rings. The van der Waals surface area contributed by atoms with E-state index in [-0.39, 0.29) is 11.3 Å². The van der Waals surface area contributed by atoms with Crippen LogP contribution in [-0.2, 0) is 9.53 Å². The van der Waals surface area contributed by atoms with Gasteiger partial charge in [-0.3, -0.25) is 0 Å². The van der Waals surface area contributed by atoms with Crippen molar-refractivity contribution in [3.8, 4) is 5.75 Å². The number of halogens is 2. The third-order valence-electron chi connectivity index (χ3n) is 2.84. The molecular weight excluding hydrogens is 326 g/mol. The van der Waals surface area contributed by atoms with Crippen LogP contribution in [0.4, 0.5) is 19.3 Å². The van der Waals surface area contributed by atoms with Crippen LogP contribution in [0.2, 0.25) is 0 Å². The third kappa shape index (κ3) is 5.25. The van der Waals surface area contributed by atoms with Crippen LogP contribution in [0.15, 0.2) is 6.07 Å². The van der Waals surface area contributed by atoms with E-state index in [1.165, 1.54) is 6.92 Å². The quantitative estimate of drug-likeness (QED) is 0.705. The predicted octanol–water partition coefficient (Wildman–Crippen LogP) is 2.21. The molecule has 1 amide bonds. The maximum atomic E-state index is 13.7. The van der Waals surface area contributed by atoms with Crippen molar-refractivity contribution >= 4 is 17.7 Å². The number of alkyl carbamates (subject to hydrolysis) is 1. The Balaban J connectivity index is 2.82. The number of hydrogen-bond donors (Lipinski definition) is 3. The van der Waals surface area contributed by atoms with E-state index in [1.807, 2.05) is 0 Å². The highest BCUT2D eigenvalue weighted by Gasteiger charge is 2.25. The smallest absolute Gasteiger partial charge is 0.408 e. The minimum Gasteiger partial charge on any atom is -0.488 e. The number of amides is 1.